The number of aromatic nitrogens is 2. The molecule has 2 aliphatic rings. The zero-order chi connectivity index (χ0) is 25.4. The summed E-state index contributed by atoms with van der Waals surface area (Å²) < 4.78 is 39.7. The minimum atomic E-state index is -3.45. The molecule has 2 heterocycles. The van der Waals surface area contributed by atoms with Gasteiger partial charge in [-0.25, -0.2) is 14.8 Å². The lowest BCUT2D eigenvalue weighted by atomic mass is 9.92. The van der Waals surface area contributed by atoms with Crippen molar-refractivity contribution in [2.75, 3.05) is 19.9 Å². The second-order valence-corrected chi connectivity index (χ2v) is 13.2. The Hall–Kier alpha value is -1.98. The number of rotatable bonds is 7. The fourth-order valence-electron chi connectivity index (χ4n) is 4.95. The van der Waals surface area contributed by atoms with E-state index in [0.717, 1.165) is 55.0 Å². The van der Waals surface area contributed by atoms with Crippen molar-refractivity contribution in [1.29, 1.82) is 0 Å². The highest BCUT2D eigenvalue weighted by Crippen LogP contribution is 2.47. The first-order valence-electron chi connectivity index (χ1n) is 12.1. The lowest BCUT2D eigenvalue weighted by molar-refractivity contribution is 0.0137. The van der Waals surface area contributed by atoms with Crippen LogP contribution in [0.1, 0.15) is 75.7 Å². The Morgan fingerprint density at radius 3 is 2.54 bits per heavy atom. The maximum atomic E-state index is 12.4. The van der Waals surface area contributed by atoms with Crippen LogP contribution in [-0.2, 0) is 25.5 Å². The average Bonchev–Trinajstić information content (AvgIpc) is 3.32. The highest BCUT2D eigenvalue weighted by molar-refractivity contribution is 7.85. The Balaban J connectivity index is 1.42. The van der Waals surface area contributed by atoms with Crippen molar-refractivity contribution in [3.63, 3.8) is 0 Å². The van der Waals surface area contributed by atoms with E-state index >= 15 is 0 Å². The number of fused-ring (bicyclic) bond motifs is 3. The molecular weight excluding hydrogens is 490 g/mol. The molecule has 194 valence electrons. The maximum Gasteiger partial charge on any atom is 0.410 e. The second-order valence-electron chi connectivity index (χ2n) is 10.5. The summed E-state index contributed by atoms with van der Waals surface area (Å²) >= 11 is 1.67. The first-order valence-corrected chi connectivity index (χ1v) is 14.8. The van der Waals surface area contributed by atoms with E-state index in [1.165, 1.54) is 10.4 Å². The predicted molar refractivity (Wildman–Crippen MR) is 135 cm³/mol. The summed E-state index contributed by atoms with van der Waals surface area (Å²) in [5.74, 6) is 0.805. The molecule has 0 bridgehead atoms. The summed E-state index contributed by atoms with van der Waals surface area (Å²) in [7, 11) is -1.65. The van der Waals surface area contributed by atoms with Gasteiger partial charge in [-0.1, -0.05) is 0 Å². The third-order valence-electron chi connectivity index (χ3n) is 6.61. The summed E-state index contributed by atoms with van der Waals surface area (Å²) in [5, 5.41) is 0.961. The number of aryl methyl sites for hydroxylation is 1. The first-order chi connectivity index (χ1) is 16.4. The van der Waals surface area contributed by atoms with Gasteiger partial charge in [0.1, 0.15) is 22.9 Å². The van der Waals surface area contributed by atoms with E-state index in [-0.39, 0.29) is 30.8 Å². The lowest BCUT2D eigenvalue weighted by Gasteiger charge is -2.35. The van der Waals surface area contributed by atoms with Crippen molar-refractivity contribution in [2.24, 2.45) is 0 Å². The van der Waals surface area contributed by atoms with E-state index in [1.54, 1.807) is 29.6 Å². The molecule has 9 nitrogen and oxygen atoms in total. The van der Waals surface area contributed by atoms with Gasteiger partial charge in [0.05, 0.1) is 18.2 Å². The molecular formula is C24H35N3O6S2. The SMILES string of the molecule is CN(C(=O)OC(C)(C)C)C1CCC(Oc2ncnc3sc4c(c23)[C@@H](CCOS(C)(=O)=O)CC4)CC1. The highest BCUT2D eigenvalue weighted by Gasteiger charge is 2.33. The molecule has 2 aromatic rings. The molecule has 4 rings (SSSR count). The fraction of sp³-hybridized carbons (Fsp3) is 0.708. The zero-order valence-corrected chi connectivity index (χ0v) is 22.7. The molecule has 1 fully saturated rings. The van der Waals surface area contributed by atoms with Gasteiger partial charge in [-0.05, 0) is 77.2 Å². The molecule has 0 saturated heterocycles. The molecule has 0 aliphatic heterocycles. The summed E-state index contributed by atoms with van der Waals surface area (Å²) in [6, 6.07) is 0.125. The first kappa shape index (κ1) is 26.1. The van der Waals surface area contributed by atoms with E-state index < -0.39 is 15.7 Å². The smallest absolute Gasteiger partial charge is 0.410 e. The van der Waals surface area contributed by atoms with Gasteiger partial charge in [0.15, 0.2) is 0 Å². The van der Waals surface area contributed by atoms with Crippen LogP contribution in [0.25, 0.3) is 10.2 Å². The molecule has 0 radical (unpaired) electrons. The standard InChI is InChI=1S/C24H35N3O6S2/c1-24(2,3)33-23(28)27(4)16-7-9-17(10-8-16)32-21-20-19-15(12-13-31-35(5,29)30)6-11-18(19)34-22(20)26-14-25-21/h14-17H,6-13H2,1-5H3/t15-,16?,17?/m1/s1. The van der Waals surface area contributed by atoms with Crippen LogP contribution in [0.4, 0.5) is 4.79 Å². The number of thiophene rings is 1. The molecule has 1 amide bonds. The Morgan fingerprint density at radius 1 is 1.17 bits per heavy atom. The molecule has 1 atom stereocenters. The Kier molecular flexibility index (Phi) is 7.59. The van der Waals surface area contributed by atoms with Gasteiger partial charge in [0, 0.05) is 18.0 Å². The molecule has 0 spiro atoms. The number of amides is 1. The monoisotopic (exact) mass is 525 g/mol. The van der Waals surface area contributed by atoms with Gasteiger partial charge in [-0.3, -0.25) is 4.18 Å². The van der Waals surface area contributed by atoms with Crippen LogP contribution in [0.5, 0.6) is 5.88 Å². The minimum absolute atomic E-state index is 0.0142. The van der Waals surface area contributed by atoms with Gasteiger partial charge in [0.2, 0.25) is 5.88 Å². The number of carbonyl (C=O) groups excluding carboxylic acids is 1. The molecule has 2 aromatic heterocycles. The van der Waals surface area contributed by atoms with Gasteiger partial charge < -0.3 is 14.4 Å². The van der Waals surface area contributed by atoms with Crippen LogP contribution in [0.2, 0.25) is 0 Å². The molecule has 0 aromatic carbocycles. The van der Waals surface area contributed by atoms with Crippen molar-refractivity contribution in [3.8, 4) is 5.88 Å². The Bertz CT molecular complexity index is 1170. The van der Waals surface area contributed by atoms with Crippen LogP contribution in [0.3, 0.4) is 0 Å². The van der Waals surface area contributed by atoms with E-state index in [0.29, 0.717) is 12.3 Å². The van der Waals surface area contributed by atoms with E-state index in [9.17, 15) is 13.2 Å². The molecule has 1 saturated carbocycles. The zero-order valence-electron chi connectivity index (χ0n) is 21.1. The number of hydrogen-bond acceptors (Lipinski definition) is 9. The number of ether oxygens (including phenoxy) is 2. The third kappa shape index (κ3) is 6.42. The summed E-state index contributed by atoms with van der Waals surface area (Å²) in [6.07, 6.45) is 8.19. The normalized spacial score (nSPS) is 22.7. The van der Waals surface area contributed by atoms with Gasteiger partial charge >= 0.3 is 6.09 Å². The predicted octanol–water partition coefficient (Wildman–Crippen LogP) is 4.64. The maximum absolute atomic E-state index is 12.4. The number of hydrogen-bond donors (Lipinski definition) is 0. The van der Waals surface area contributed by atoms with E-state index in [2.05, 4.69) is 9.97 Å². The molecule has 11 heteroatoms. The Labute approximate surface area is 211 Å². The van der Waals surface area contributed by atoms with E-state index in [4.69, 9.17) is 13.7 Å². The number of nitrogens with zero attached hydrogens (tertiary/aromatic N) is 3. The Morgan fingerprint density at radius 2 is 1.89 bits per heavy atom. The summed E-state index contributed by atoms with van der Waals surface area (Å²) in [4.78, 5) is 25.3. The van der Waals surface area contributed by atoms with Crippen LogP contribution >= 0.6 is 11.3 Å². The van der Waals surface area contributed by atoms with Crippen LogP contribution in [0, 0.1) is 0 Å². The molecule has 0 unspecified atom stereocenters. The van der Waals surface area contributed by atoms with E-state index in [1.807, 2.05) is 20.8 Å². The molecule has 35 heavy (non-hydrogen) atoms. The van der Waals surface area contributed by atoms with Crippen molar-refractivity contribution in [1.82, 2.24) is 14.9 Å². The lowest BCUT2D eigenvalue weighted by Crippen LogP contribution is -2.43. The van der Waals surface area contributed by atoms with Crippen LogP contribution < -0.4 is 4.74 Å². The minimum Gasteiger partial charge on any atom is -0.474 e. The van der Waals surface area contributed by atoms with Crippen LogP contribution in [0.15, 0.2) is 6.33 Å². The third-order valence-corrected chi connectivity index (χ3v) is 8.38. The quantitative estimate of drug-likeness (QED) is 0.481. The second kappa shape index (κ2) is 10.2. The molecule has 0 N–H and O–H groups in total. The van der Waals surface area contributed by atoms with Crippen molar-refractivity contribution < 1.29 is 26.9 Å². The van der Waals surface area contributed by atoms with Gasteiger partial charge in [-0.2, -0.15) is 8.42 Å². The van der Waals surface area contributed by atoms with Gasteiger partial charge in [0.25, 0.3) is 10.1 Å². The molecule has 2 aliphatic carbocycles. The summed E-state index contributed by atoms with van der Waals surface area (Å²) in [6.45, 7) is 5.78. The van der Waals surface area contributed by atoms with Crippen LogP contribution in [-0.4, -0.2) is 67.0 Å². The van der Waals surface area contributed by atoms with Gasteiger partial charge in [-0.15, -0.1) is 11.3 Å². The fourth-order valence-corrected chi connectivity index (χ4v) is 6.58. The highest BCUT2D eigenvalue weighted by atomic mass is 32.2. The van der Waals surface area contributed by atoms with Crippen molar-refractivity contribution in [3.05, 3.63) is 16.8 Å². The largest absolute Gasteiger partial charge is 0.474 e. The topological polar surface area (TPSA) is 108 Å². The average molecular weight is 526 g/mol. The number of carbonyl (C=O) groups is 1. The van der Waals surface area contributed by atoms with Crippen molar-refractivity contribution >= 4 is 37.8 Å². The van der Waals surface area contributed by atoms with Crippen molar-refractivity contribution in [2.45, 2.75) is 89.4 Å². The summed E-state index contributed by atoms with van der Waals surface area (Å²) in [5.41, 5.74) is 0.677.